The molecule has 4 aliphatic rings. The van der Waals surface area contributed by atoms with Crippen molar-refractivity contribution in [1.82, 2.24) is 14.9 Å². The molecule has 0 spiro atoms. The molecule has 3 aromatic rings. The van der Waals surface area contributed by atoms with Gasteiger partial charge in [-0.3, -0.25) is 4.90 Å². The van der Waals surface area contributed by atoms with Gasteiger partial charge >= 0.3 is 6.01 Å². The predicted octanol–water partition coefficient (Wildman–Crippen LogP) is 4.21. The smallest absolute Gasteiger partial charge is 0.318 e. The molecule has 4 aliphatic heterocycles. The zero-order chi connectivity index (χ0) is 27.8. The van der Waals surface area contributed by atoms with Crippen molar-refractivity contribution >= 4 is 22.3 Å². The molecule has 1 unspecified atom stereocenters. The Bertz CT molecular complexity index is 1380. The van der Waals surface area contributed by atoms with Crippen molar-refractivity contribution in [1.29, 1.82) is 0 Å². The summed E-state index contributed by atoms with van der Waals surface area (Å²) in [5.41, 5.74) is 5.07. The number of aryl methyl sites for hydroxylation is 1. The summed E-state index contributed by atoms with van der Waals surface area (Å²) in [7, 11) is 0. The number of rotatable bonds is 7. The van der Waals surface area contributed by atoms with Crippen LogP contribution in [0.1, 0.15) is 49.4 Å². The van der Waals surface area contributed by atoms with Gasteiger partial charge in [0.15, 0.2) is 0 Å². The number of aliphatic hydroxyl groups excluding tert-OH is 1. The number of ether oxygens (including phenoxy) is 2. The van der Waals surface area contributed by atoms with E-state index in [1.54, 1.807) is 0 Å². The van der Waals surface area contributed by atoms with Gasteiger partial charge in [-0.1, -0.05) is 37.3 Å². The van der Waals surface area contributed by atoms with Gasteiger partial charge in [-0.15, -0.1) is 0 Å². The lowest BCUT2D eigenvalue weighted by Crippen LogP contribution is -2.43. The van der Waals surface area contributed by atoms with Crippen molar-refractivity contribution in [2.75, 3.05) is 69.0 Å². The van der Waals surface area contributed by atoms with Gasteiger partial charge in [0.05, 0.1) is 31.0 Å². The van der Waals surface area contributed by atoms with Crippen LogP contribution in [0.25, 0.3) is 10.8 Å². The van der Waals surface area contributed by atoms with Crippen LogP contribution in [-0.4, -0.2) is 84.7 Å². The minimum Gasteiger partial charge on any atom is -0.461 e. The topological polar surface area (TPSA) is 74.2 Å². The van der Waals surface area contributed by atoms with Crippen molar-refractivity contribution in [3.63, 3.8) is 0 Å². The second-order valence-electron chi connectivity index (χ2n) is 12.3. The Morgan fingerprint density at radius 3 is 2.66 bits per heavy atom. The average molecular weight is 558 g/mol. The SMILES string of the molecule is CCc1cccc2cccc(N3CCc4c(nc(OCC56CCCN5CCC6)nc4N4CCOCC(CO)C4)C3)c12. The largest absolute Gasteiger partial charge is 0.461 e. The highest BCUT2D eigenvalue weighted by Crippen LogP contribution is 2.40. The Kier molecular flexibility index (Phi) is 7.48. The number of aromatic nitrogens is 2. The third-order valence-corrected chi connectivity index (χ3v) is 9.89. The first-order valence-corrected chi connectivity index (χ1v) is 15.6. The Morgan fingerprint density at radius 2 is 1.85 bits per heavy atom. The van der Waals surface area contributed by atoms with Gasteiger partial charge in [0.25, 0.3) is 0 Å². The highest BCUT2D eigenvalue weighted by Gasteiger charge is 2.45. The van der Waals surface area contributed by atoms with E-state index in [-0.39, 0.29) is 18.1 Å². The van der Waals surface area contributed by atoms with Crippen LogP contribution in [0, 0.1) is 5.92 Å². The first-order valence-electron chi connectivity index (χ1n) is 15.6. The number of aliphatic hydroxyl groups is 1. The summed E-state index contributed by atoms with van der Waals surface area (Å²) in [6.07, 6.45) is 6.76. The number of hydrogen-bond donors (Lipinski definition) is 1. The predicted molar refractivity (Wildman–Crippen MR) is 162 cm³/mol. The maximum Gasteiger partial charge on any atom is 0.318 e. The standard InChI is InChI=1S/C33H43N5O3/c1-2-25-7-3-8-26-9-4-10-29(30(25)26)36-16-11-27-28(20-36)34-32(41-23-33-12-5-14-38(33)15-6-13-33)35-31(27)37-17-18-40-22-24(19-37)21-39/h3-4,7-10,24,39H,2,5-6,11-23H2,1H3. The molecule has 7 rings (SSSR count). The minimum atomic E-state index is 0.0696. The molecule has 0 saturated carbocycles. The number of nitrogens with zero attached hydrogens (tertiary/aromatic N) is 5. The number of fused-ring (bicyclic) bond motifs is 3. The molecule has 1 N–H and O–H groups in total. The van der Waals surface area contributed by atoms with Gasteiger partial charge < -0.3 is 24.4 Å². The maximum absolute atomic E-state index is 9.98. The van der Waals surface area contributed by atoms with E-state index >= 15 is 0 Å². The molecule has 0 radical (unpaired) electrons. The molecule has 0 bridgehead atoms. The molecule has 0 aliphatic carbocycles. The third-order valence-electron chi connectivity index (χ3n) is 9.89. The summed E-state index contributed by atoms with van der Waals surface area (Å²) < 4.78 is 12.4. The fourth-order valence-corrected chi connectivity index (χ4v) is 7.72. The fraction of sp³-hybridized carbons (Fsp3) is 0.576. The molecule has 1 atom stereocenters. The quantitative estimate of drug-likeness (QED) is 0.463. The molecule has 5 heterocycles. The molecule has 0 amide bonds. The zero-order valence-corrected chi connectivity index (χ0v) is 24.4. The Balaban J connectivity index is 1.24. The van der Waals surface area contributed by atoms with Gasteiger partial charge in [-0.25, -0.2) is 0 Å². The summed E-state index contributed by atoms with van der Waals surface area (Å²) in [6.45, 7) is 9.68. The van der Waals surface area contributed by atoms with E-state index in [1.165, 1.54) is 66.4 Å². The molecular weight excluding hydrogens is 514 g/mol. The Hall–Kier alpha value is -2.94. The summed E-state index contributed by atoms with van der Waals surface area (Å²) in [6, 6.07) is 13.8. The molecule has 2 aromatic carbocycles. The summed E-state index contributed by atoms with van der Waals surface area (Å²) in [5, 5.41) is 12.6. The Morgan fingerprint density at radius 1 is 1.02 bits per heavy atom. The lowest BCUT2D eigenvalue weighted by Gasteiger charge is -2.35. The maximum atomic E-state index is 9.98. The third kappa shape index (κ3) is 5.04. The number of anilines is 2. The second kappa shape index (κ2) is 11.4. The van der Waals surface area contributed by atoms with Crippen LogP contribution < -0.4 is 14.5 Å². The van der Waals surface area contributed by atoms with E-state index in [0.29, 0.717) is 25.8 Å². The molecule has 41 heavy (non-hydrogen) atoms. The first kappa shape index (κ1) is 26.9. The highest BCUT2D eigenvalue weighted by molar-refractivity contribution is 5.97. The molecule has 8 nitrogen and oxygen atoms in total. The van der Waals surface area contributed by atoms with E-state index in [0.717, 1.165) is 50.5 Å². The van der Waals surface area contributed by atoms with Crippen molar-refractivity contribution in [3.8, 4) is 6.01 Å². The first-order chi connectivity index (χ1) is 20.2. The summed E-state index contributed by atoms with van der Waals surface area (Å²) in [5.74, 6) is 1.04. The average Bonchev–Trinajstić information content (AvgIpc) is 3.50. The van der Waals surface area contributed by atoms with Crippen molar-refractivity contribution in [2.45, 2.75) is 57.5 Å². The zero-order valence-electron chi connectivity index (χ0n) is 24.4. The molecule has 3 fully saturated rings. The van der Waals surface area contributed by atoms with Gasteiger partial charge in [-0.05, 0) is 68.6 Å². The van der Waals surface area contributed by atoms with Gasteiger partial charge in [0.2, 0.25) is 0 Å². The van der Waals surface area contributed by atoms with E-state index in [9.17, 15) is 5.11 Å². The normalized spacial score (nSPS) is 22.5. The van der Waals surface area contributed by atoms with Crippen LogP contribution in [0.15, 0.2) is 36.4 Å². The molecule has 3 saturated heterocycles. The van der Waals surface area contributed by atoms with Gasteiger partial charge in [-0.2, -0.15) is 9.97 Å². The van der Waals surface area contributed by atoms with Crippen LogP contribution in [0.5, 0.6) is 6.01 Å². The number of benzene rings is 2. The summed E-state index contributed by atoms with van der Waals surface area (Å²) in [4.78, 5) is 17.6. The lowest BCUT2D eigenvalue weighted by atomic mass is 9.95. The minimum absolute atomic E-state index is 0.0696. The second-order valence-corrected chi connectivity index (χ2v) is 12.3. The highest BCUT2D eigenvalue weighted by atomic mass is 16.5. The van der Waals surface area contributed by atoms with Crippen molar-refractivity contribution in [2.24, 2.45) is 5.92 Å². The Labute approximate surface area is 243 Å². The molecular formula is C33H43N5O3. The van der Waals surface area contributed by atoms with E-state index in [2.05, 4.69) is 58.0 Å². The lowest BCUT2D eigenvalue weighted by molar-refractivity contribution is 0.0959. The van der Waals surface area contributed by atoms with Crippen LogP contribution in [-0.2, 0) is 24.1 Å². The molecule has 8 heteroatoms. The molecule has 1 aromatic heterocycles. The van der Waals surface area contributed by atoms with Crippen molar-refractivity contribution in [3.05, 3.63) is 53.2 Å². The monoisotopic (exact) mass is 557 g/mol. The van der Waals surface area contributed by atoms with E-state index in [1.807, 2.05) is 0 Å². The molecule has 218 valence electrons. The van der Waals surface area contributed by atoms with Gasteiger partial charge in [0, 0.05) is 48.8 Å². The number of hydrogen-bond acceptors (Lipinski definition) is 8. The van der Waals surface area contributed by atoms with Crippen LogP contribution in [0.2, 0.25) is 0 Å². The van der Waals surface area contributed by atoms with Crippen LogP contribution in [0.4, 0.5) is 11.5 Å². The summed E-state index contributed by atoms with van der Waals surface area (Å²) >= 11 is 0. The fourth-order valence-electron chi connectivity index (χ4n) is 7.72. The van der Waals surface area contributed by atoms with Crippen LogP contribution in [0.3, 0.4) is 0 Å². The van der Waals surface area contributed by atoms with E-state index in [4.69, 9.17) is 19.4 Å². The van der Waals surface area contributed by atoms with Gasteiger partial charge in [0.1, 0.15) is 12.4 Å². The van der Waals surface area contributed by atoms with Crippen molar-refractivity contribution < 1.29 is 14.6 Å². The van der Waals surface area contributed by atoms with Crippen LogP contribution >= 0.6 is 0 Å². The van der Waals surface area contributed by atoms with E-state index < -0.39 is 0 Å².